The molecule has 19 heavy (non-hydrogen) atoms. The van der Waals surface area contributed by atoms with Crippen LogP contribution in [-0.4, -0.2) is 30.0 Å². The normalized spacial score (nSPS) is 12.6. The lowest BCUT2D eigenvalue weighted by atomic mass is 9.84. The van der Waals surface area contributed by atoms with E-state index in [0.717, 1.165) is 19.3 Å². The van der Waals surface area contributed by atoms with Gasteiger partial charge in [-0.25, -0.2) is 0 Å². The zero-order chi connectivity index (χ0) is 14.3. The molecule has 0 radical (unpaired) electrons. The molecule has 0 aromatic rings. The van der Waals surface area contributed by atoms with Gasteiger partial charge in [0.05, 0.1) is 12.7 Å². The first kappa shape index (κ1) is 18.9. The second kappa shape index (κ2) is 14.4. The molecule has 3 nitrogen and oxygen atoms in total. The zero-order valence-corrected chi connectivity index (χ0v) is 12.9. The number of unbranched alkanes of at least 4 members (excludes halogenated alkanes) is 7. The highest BCUT2D eigenvalue weighted by Crippen LogP contribution is 2.11. The SMILES string of the molecule is CCCCCCCCCCC(O)COB(O)CCC. The van der Waals surface area contributed by atoms with Gasteiger partial charge in [0.15, 0.2) is 0 Å². The van der Waals surface area contributed by atoms with E-state index >= 15 is 0 Å². The van der Waals surface area contributed by atoms with Gasteiger partial charge in [0.25, 0.3) is 0 Å². The molecular weight excluding hydrogens is 239 g/mol. The number of rotatable bonds is 14. The highest BCUT2D eigenvalue weighted by Gasteiger charge is 2.13. The number of aliphatic hydroxyl groups is 1. The average molecular weight is 272 g/mol. The van der Waals surface area contributed by atoms with E-state index in [1.165, 1.54) is 44.9 Å². The summed E-state index contributed by atoms with van der Waals surface area (Å²) in [6.45, 7) is 4.50. The summed E-state index contributed by atoms with van der Waals surface area (Å²) in [5, 5.41) is 19.1. The monoisotopic (exact) mass is 272 g/mol. The van der Waals surface area contributed by atoms with Crippen LogP contribution in [0.25, 0.3) is 0 Å². The predicted molar refractivity (Wildman–Crippen MR) is 82.3 cm³/mol. The number of hydrogen-bond donors (Lipinski definition) is 2. The maximum Gasteiger partial charge on any atom is 0.454 e. The molecule has 0 spiro atoms. The molecule has 0 rings (SSSR count). The van der Waals surface area contributed by atoms with Crippen LogP contribution in [0.1, 0.15) is 78.1 Å². The quantitative estimate of drug-likeness (QED) is 0.373. The van der Waals surface area contributed by atoms with Crippen molar-refractivity contribution in [3.05, 3.63) is 0 Å². The largest absolute Gasteiger partial charge is 0.454 e. The van der Waals surface area contributed by atoms with E-state index in [4.69, 9.17) is 4.65 Å². The third-order valence-electron chi connectivity index (χ3n) is 3.41. The summed E-state index contributed by atoms with van der Waals surface area (Å²) in [7, 11) is -0.710. The Labute approximate surface area is 119 Å². The third kappa shape index (κ3) is 14.2. The maximum absolute atomic E-state index is 9.70. The molecule has 0 aliphatic heterocycles. The van der Waals surface area contributed by atoms with Crippen molar-refractivity contribution < 1.29 is 14.8 Å². The summed E-state index contributed by atoms with van der Waals surface area (Å²) in [6, 6.07) is 0. The Morgan fingerprint density at radius 1 is 0.895 bits per heavy atom. The molecule has 1 atom stereocenters. The van der Waals surface area contributed by atoms with E-state index in [9.17, 15) is 10.1 Å². The standard InChI is InChI=1S/C15H33BO3/c1-3-5-6-7-8-9-10-11-12-15(17)14-19-16(18)13-4-2/h15,17-18H,3-14H2,1-2H3. The Morgan fingerprint density at radius 3 is 2.05 bits per heavy atom. The van der Waals surface area contributed by atoms with Gasteiger partial charge < -0.3 is 14.8 Å². The van der Waals surface area contributed by atoms with Crippen LogP contribution in [0, 0.1) is 0 Å². The van der Waals surface area contributed by atoms with Gasteiger partial charge in [0.2, 0.25) is 0 Å². The molecule has 114 valence electrons. The topological polar surface area (TPSA) is 49.7 Å². The van der Waals surface area contributed by atoms with Gasteiger partial charge in [0.1, 0.15) is 0 Å². The molecule has 0 amide bonds. The van der Waals surface area contributed by atoms with Gasteiger partial charge in [-0.1, -0.05) is 71.6 Å². The van der Waals surface area contributed by atoms with Crippen molar-refractivity contribution in [1.82, 2.24) is 0 Å². The fraction of sp³-hybridized carbons (Fsp3) is 1.00. The molecule has 0 bridgehead atoms. The number of hydrogen-bond acceptors (Lipinski definition) is 3. The summed E-state index contributed by atoms with van der Waals surface area (Å²) in [5.74, 6) is 0. The lowest BCUT2D eigenvalue weighted by molar-refractivity contribution is 0.0862. The lowest BCUT2D eigenvalue weighted by Gasteiger charge is -2.12. The second-order valence-electron chi connectivity index (χ2n) is 5.49. The highest BCUT2D eigenvalue weighted by molar-refractivity contribution is 6.42. The first-order valence-corrected chi connectivity index (χ1v) is 8.18. The molecule has 0 saturated carbocycles. The van der Waals surface area contributed by atoms with Gasteiger partial charge >= 0.3 is 7.12 Å². The van der Waals surface area contributed by atoms with E-state index in [0.29, 0.717) is 6.32 Å². The second-order valence-corrected chi connectivity index (χ2v) is 5.49. The Morgan fingerprint density at radius 2 is 1.47 bits per heavy atom. The molecule has 0 saturated heterocycles. The summed E-state index contributed by atoms with van der Waals surface area (Å²) in [4.78, 5) is 0. The molecule has 0 fully saturated rings. The third-order valence-corrected chi connectivity index (χ3v) is 3.41. The van der Waals surface area contributed by atoms with Crippen LogP contribution >= 0.6 is 0 Å². The highest BCUT2D eigenvalue weighted by atomic mass is 16.5. The predicted octanol–water partition coefficient (Wildman–Crippen LogP) is 3.79. The molecular formula is C15H33BO3. The van der Waals surface area contributed by atoms with E-state index in [1.807, 2.05) is 6.92 Å². The van der Waals surface area contributed by atoms with E-state index in [2.05, 4.69) is 6.92 Å². The first-order chi connectivity index (χ1) is 9.20. The summed E-state index contributed by atoms with van der Waals surface area (Å²) < 4.78 is 5.17. The van der Waals surface area contributed by atoms with Gasteiger partial charge in [-0.15, -0.1) is 0 Å². The average Bonchev–Trinajstić information content (AvgIpc) is 2.40. The van der Waals surface area contributed by atoms with Crippen molar-refractivity contribution >= 4 is 7.12 Å². The van der Waals surface area contributed by atoms with Crippen molar-refractivity contribution in [2.24, 2.45) is 0 Å². The fourth-order valence-electron chi connectivity index (χ4n) is 2.15. The van der Waals surface area contributed by atoms with Crippen LogP contribution < -0.4 is 0 Å². The van der Waals surface area contributed by atoms with Crippen LogP contribution in [0.3, 0.4) is 0 Å². The Bertz CT molecular complexity index is 179. The van der Waals surface area contributed by atoms with Crippen LogP contribution in [0.2, 0.25) is 6.32 Å². The molecule has 1 unspecified atom stereocenters. The van der Waals surface area contributed by atoms with Crippen LogP contribution in [0.4, 0.5) is 0 Å². The minimum absolute atomic E-state index is 0.262. The van der Waals surface area contributed by atoms with E-state index in [-0.39, 0.29) is 6.61 Å². The maximum atomic E-state index is 9.70. The zero-order valence-electron chi connectivity index (χ0n) is 12.9. The van der Waals surface area contributed by atoms with Gasteiger partial charge in [-0.2, -0.15) is 0 Å². The molecule has 0 aliphatic rings. The minimum Gasteiger partial charge on any atom is -0.427 e. The van der Waals surface area contributed by atoms with Crippen molar-refractivity contribution in [1.29, 1.82) is 0 Å². The summed E-state index contributed by atoms with van der Waals surface area (Å²) in [5.41, 5.74) is 0. The minimum atomic E-state index is -0.710. The fourth-order valence-corrected chi connectivity index (χ4v) is 2.15. The first-order valence-electron chi connectivity index (χ1n) is 8.18. The smallest absolute Gasteiger partial charge is 0.427 e. The number of aliphatic hydroxyl groups excluding tert-OH is 1. The molecule has 4 heteroatoms. The van der Waals surface area contributed by atoms with Crippen LogP contribution in [0.5, 0.6) is 0 Å². The van der Waals surface area contributed by atoms with E-state index in [1.54, 1.807) is 0 Å². The lowest BCUT2D eigenvalue weighted by Crippen LogP contribution is -2.24. The molecule has 0 aromatic carbocycles. The Kier molecular flexibility index (Phi) is 14.3. The van der Waals surface area contributed by atoms with Gasteiger partial charge in [0, 0.05) is 0 Å². The van der Waals surface area contributed by atoms with Gasteiger partial charge in [-0.05, 0) is 12.7 Å². The van der Waals surface area contributed by atoms with E-state index < -0.39 is 13.2 Å². The summed E-state index contributed by atoms with van der Waals surface area (Å²) in [6.07, 6.45) is 12.1. The van der Waals surface area contributed by atoms with Crippen LogP contribution in [-0.2, 0) is 4.65 Å². The molecule has 2 N–H and O–H groups in total. The van der Waals surface area contributed by atoms with Crippen molar-refractivity contribution in [3.63, 3.8) is 0 Å². The van der Waals surface area contributed by atoms with Crippen LogP contribution in [0.15, 0.2) is 0 Å². The molecule has 0 aliphatic carbocycles. The Hall–Kier alpha value is -0.0551. The van der Waals surface area contributed by atoms with Crippen molar-refractivity contribution in [3.8, 4) is 0 Å². The van der Waals surface area contributed by atoms with Crippen molar-refractivity contribution in [2.45, 2.75) is 90.5 Å². The Balaban J connectivity index is 3.22. The molecule has 0 heterocycles. The van der Waals surface area contributed by atoms with Crippen molar-refractivity contribution in [2.75, 3.05) is 6.61 Å². The summed E-state index contributed by atoms with van der Waals surface area (Å²) >= 11 is 0. The molecule has 0 aromatic heterocycles. The van der Waals surface area contributed by atoms with Gasteiger partial charge in [-0.3, -0.25) is 0 Å².